The minimum absolute atomic E-state index is 0.0132. The van der Waals surface area contributed by atoms with Crippen molar-refractivity contribution in [2.24, 2.45) is 0 Å². The number of nitrogens with zero attached hydrogens (tertiary/aromatic N) is 4. The Labute approximate surface area is 152 Å². The molecule has 2 aliphatic rings. The first-order valence-corrected chi connectivity index (χ1v) is 9.70. The number of likely N-dealkylation sites (tertiary alicyclic amines) is 1. The summed E-state index contributed by atoms with van der Waals surface area (Å²) in [7, 11) is 0. The first-order chi connectivity index (χ1) is 11.8. The van der Waals surface area contributed by atoms with Gasteiger partial charge in [-0.3, -0.25) is 4.79 Å². The number of hydrogen-bond donors (Lipinski definition) is 0. The molecule has 1 atom stereocenters. The van der Waals surface area contributed by atoms with Crippen molar-refractivity contribution in [3.63, 3.8) is 0 Å². The smallest absolute Gasteiger partial charge is 0.410 e. The van der Waals surface area contributed by atoms with Crippen LogP contribution >= 0.6 is 11.8 Å². The van der Waals surface area contributed by atoms with Gasteiger partial charge >= 0.3 is 6.09 Å². The Balaban J connectivity index is 1.70. The van der Waals surface area contributed by atoms with Gasteiger partial charge in [0.15, 0.2) is 5.16 Å². The van der Waals surface area contributed by atoms with Crippen molar-refractivity contribution in [3.8, 4) is 0 Å². The summed E-state index contributed by atoms with van der Waals surface area (Å²) in [5.41, 5.74) is 0.832. The predicted molar refractivity (Wildman–Crippen MR) is 94.5 cm³/mol. The zero-order valence-corrected chi connectivity index (χ0v) is 15.9. The molecule has 25 heavy (non-hydrogen) atoms. The average Bonchev–Trinajstić information content (AvgIpc) is 2.89. The van der Waals surface area contributed by atoms with E-state index in [1.165, 1.54) is 11.8 Å². The number of aromatic nitrogens is 2. The molecule has 0 aromatic carbocycles. The van der Waals surface area contributed by atoms with Gasteiger partial charge in [0.25, 0.3) is 5.91 Å². The number of thioether (sulfide) groups is 1. The highest BCUT2D eigenvalue weighted by Gasteiger charge is 2.37. The van der Waals surface area contributed by atoms with Crippen molar-refractivity contribution in [2.45, 2.75) is 57.0 Å². The van der Waals surface area contributed by atoms with Crippen LogP contribution < -0.4 is 0 Å². The molecule has 8 heteroatoms. The van der Waals surface area contributed by atoms with Crippen molar-refractivity contribution >= 4 is 23.8 Å². The van der Waals surface area contributed by atoms with Gasteiger partial charge in [0.2, 0.25) is 0 Å². The number of amides is 2. The first-order valence-electron chi connectivity index (χ1n) is 8.47. The highest BCUT2D eigenvalue weighted by Crippen LogP contribution is 2.28. The van der Waals surface area contributed by atoms with E-state index in [4.69, 9.17) is 4.74 Å². The molecule has 2 amide bonds. The topological polar surface area (TPSA) is 75.6 Å². The molecule has 3 heterocycles. The van der Waals surface area contributed by atoms with Gasteiger partial charge < -0.3 is 14.5 Å². The minimum Gasteiger partial charge on any atom is -0.444 e. The van der Waals surface area contributed by atoms with Crippen LogP contribution in [0.1, 0.15) is 49.7 Å². The summed E-state index contributed by atoms with van der Waals surface area (Å²) < 4.78 is 5.47. The third kappa shape index (κ3) is 3.89. The van der Waals surface area contributed by atoms with E-state index in [0.717, 1.165) is 18.5 Å². The van der Waals surface area contributed by atoms with Crippen molar-refractivity contribution in [1.29, 1.82) is 0 Å². The minimum atomic E-state index is -0.520. The van der Waals surface area contributed by atoms with Crippen LogP contribution in [-0.4, -0.2) is 62.8 Å². The maximum atomic E-state index is 12.7. The molecule has 2 aliphatic heterocycles. The highest BCUT2D eigenvalue weighted by atomic mass is 32.2. The van der Waals surface area contributed by atoms with Gasteiger partial charge in [0.05, 0.1) is 23.8 Å². The lowest BCUT2D eigenvalue weighted by Gasteiger charge is -2.37. The van der Waals surface area contributed by atoms with E-state index in [1.807, 2.05) is 31.9 Å². The van der Waals surface area contributed by atoms with Crippen molar-refractivity contribution < 1.29 is 14.3 Å². The molecule has 0 bridgehead atoms. The molecule has 0 unspecified atom stereocenters. The molecule has 1 aromatic rings. The van der Waals surface area contributed by atoms with Crippen LogP contribution in [0.25, 0.3) is 0 Å². The number of hydrogen-bond acceptors (Lipinski definition) is 6. The van der Waals surface area contributed by atoms with Crippen LogP contribution in [-0.2, 0) is 11.3 Å². The van der Waals surface area contributed by atoms with Crippen LogP contribution in [0.4, 0.5) is 4.79 Å². The number of rotatable bonds is 2. The summed E-state index contributed by atoms with van der Waals surface area (Å²) in [5, 5.41) is 0.674. The normalized spacial score (nSPS) is 20.6. The largest absolute Gasteiger partial charge is 0.444 e. The maximum Gasteiger partial charge on any atom is 0.410 e. The van der Waals surface area contributed by atoms with Crippen LogP contribution in [0.2, 0.25) is 0 Å². The van der Waals surface area contributed by atoms with E-state index < -0.39 is 5.60 Å². The van der Waals surface area contributed by atoms with Gasteiger partial charge in [-0.1, -0.05) is 11.8 Å². The summed E-state index contributed by atoms with van der Waals surface area (Å²) in [6.45, 7) is 7.21. The quantitative estimate of drug-likeness (QED) is 0.593. The molecule has 1 saturated heterocycles. The number of piperidine rings is 1. The van der Waals surface area contributed by atoms with E-state index >= 15 is 0 Å². The fraction of sp³-hybridized carbons (Fsp3) is 0.647. The molecule has 1 aromatic heterocycles. The molecule has 3 rings (SSSR count). The summed E-state index contributed by atoms with van der Waals surface area (Å²) in [6.07, 6.45) is 4.94. The van der Waals surface area contributed by atoms with Crippen LogP contribution in [0.5, 0.6) is 0 Å². The predicted octanol–water partition coefficient (Wildman–Crippen LogP) is 2.55. The standard InChI is InChI=1S/C17H24N4O3S/c1-17(2,3)24-16(23)20-7-5-6-11(9-20)21-10-13-12(14(21)22)8-18-15(19-13)25-4/h8,11H,5-7,9-10H2,1-4H3/t11-/m0/s1. The zero-order valence-electron chi connectivity index (χ0n) is 15.1. The van der Waals surface area contributed by atoms with Crippen LogP contribution in [0, 0.1) is 0 Å². The zero-order chi connectivity index (χ0) is 18.2. The fourth-order valence-corrected chi connectivity index (χ4v) is 3.54. The molecule has 0 radical (unpaired) electrons. The third-order valence-corrected chi connectivity index (χ3v) is 4.89. The van der Waals surface area contributed by atoms with Crippen molar-refractivity contribution in [3.05, 3.63) is 17.5 Å². The number of carbonyl (C=O) groups is 2. The van der Waals surface area contributed by atoms with Gasteiger partial charge in [-0.25, -0.2) is 14.8 Å². The van der Waals surface area contributed by atoms with E-state index in [2.05, 4.69) is 9.97 Å². The Morgan fingerprint density at radius 1 is 1.40 bits per heavy atom. The Bertz CT molecular complexity index is 689. The Kier molecular flexibility index (Phi) is 4.90. The lowest BCUT2D eigenvalue weighted by atomic mass is 10.0. The molecule has 0 spiro atoms. The van der Waals surface area contributed by atoms with Gasteiger partial charge in [-0.05, 0) is 39.9 Å². The number of carbonyl (C=O) groups excluding carboxylic acids is 2. The lowest BCUT2D eigenvalue weighted by molar-refractivity contribution is 0.0106. The van der Waals surface area contributed by atoms with E-state index in [9.17, 15) is 9.59 Å². The molecular formula is C17H24N4O3S. The molecule has 136 valence electrons. The average molecular weight is 364 g/mol. The van der Waals surface area contributed by atoms with Crippen molar-refractivity contribution in [2.75, 3.05) is 19.3 Å². The second-order valence-corrected chi connectivity index (χ2v) is 8.15. The van der Waals surface area contributed by atoms with Crippen LogP contribution in [0.3, 0.4) is 0 Å². The molecular weight excluding hydrogens is 340 g/mol. The van der Waals surface area contributed by atoms with Gasteiger partial charge in [-0.15, -0.1) is 0 Å². The summed E-state index contributed by atoms with van der Waals surface area (Å²) in [5.74, 6) is -0.0429. The molecule has 0 saturated carbocycles. The highest BCUT2D eigenvalue weighted by molar-refractivity contribution is 7.98. The Morgan fingerprint density at radius 2 is 2.16 bits per heavy atom. The second kappa shape index (κ2) is 6.82. The van der Waals surface area contributed by atoms with E-state index in [-0.39, 0.29) is 18.0 Å². The van der Waals surface area contributed by atoms with Gasteiger partial charge in [-0.2, -0.15) is 0 Å². The Hall–Kier alpha value is -1.83. The van der Waals surface area contributed by atoms with Crippen molar-refractivity contribution in [1.82, 2.24) is 19.8 Å². The van der Waals surface area contributed by atoms with Crippen LogP contribution in [0.15, 0.2) is 11.4 Å². The summed E-state index contributed by atoms with van der Waals surface area (Å²) >= 11 is 1.46. The molecule has 0 aliphatic carbocycles. The number of ether oxygens (including phenoxy) is 1. The molecule has 7 nitrogen and oxygen atoms in total. The second-order valence-electron chi connectivity index (χ2n) is 7.37. The number of fused-ring (bicyclic) bond motifs is 1. The molecule has 0 N–H and O–H groups in total. The lowest BCUT2D eigenvalue weighted by Crippen LogP contribution is -2.50. The first kappa shape index (κ1) is 18.0. The monoisotopic (exact) mass is 364 g/mol. The van der Waals surface area contributed by atoms with E-state index in [1.54, 1.807) is 11.1 Å². The van der Waals surface area contributed by atoms with Gasteiger partial charge in [0, 0.05) is 19.3 Å². The van der Waals surface area contributed by atoms with E-state index in [0.29, 0.717) is 30.4 Å². The van der Waals surface area contributed by atoms with Gasteiger partial charge in [0.1, 0.15) is 5.60 Å². The maximum absolute atomic E-state index is 12.7. The Morgan fingerprint density at radius 3 is 2.84 bits per heavy atom. The molecule has 1 fully saturated rings. The SMILES string of the molecule is CSc1ncc2c(n1)CN([C@H]1CCCN(C(=O)OC(C)(C)C)C1)C2=O. The summed E-state index contributed by atoms with van der Waals surface area (Å²) in [6, 6.07) is -0.0132. The third-order valence-electron chi connectivity index (χ3n) is 4.33. The summed E-state index contributed by atoms with van der Waals surface area (Å²) in [4.78, 5) is 37.2. The fourth-order valence-electron chi connectivity index (χ4n) is 3.18.